The molecule has 2 fully saturated rings. The first-order chi connectivity index (χ1) is 13.9. The lowest BCUT2D eigenvalue weighted by Gasteiger charge is -2.37. The quantitative estimate of drug-likeness (QED) is 0.749. The summed E-state index contributed by atoms with van der Waals surface area (Å²) in [6, 6.07) is 9.88. The van der Waals surface area contributed by atoms with Crippen molar-refractivity contribution in [3.63, 3.8) is 0 Å². The van der Waals surface area contributed by atoms with E-state index in [1.807, 2.05) is 42.2 Å². The molecule has 1 saturated heterocycles. The van der Waals surface area contributed by atoms with Gasteiger partial charge < -0.3 is 4.90 Å². The van der Waals surface area contributed by atoms with Crippen LogP contribution in [0.2, 0.25) is 0 Å². The van der Waals surface area contributed by atoms with Crippen molar-refractivity contribution in [3.8, 4) is 0 Å². The van der Waals surface area contributed by atoms with E-state index in [9.17, 15) is 13.2 Å². The molecule has 4 rings (SSSR count). The van der Waals surface area contributed by atoms with Gasteiger partial charge in [-0.15, -0.1) is 0 Å². The Labute approximate surface area is 172 Å². The second-order valence-corrected chi connectivity index (χ2v) is 9.88. The molecule has 29 heavy (non-hydrogen) atoms. The summed E-state index contributed by atoms with van der Waals surface area (Å²) in [5.74, 6) is 0.343. The first-order valence-electron chi connectivity index (χ1n) is 10.2. The molecule has 0 atom stereocenters. The topological polar surface area (TPSA) is 75.5 Å². The molecule has 7 nitrogen and oxygen atoms in total. The highest BCUT2D eigenvalue weighted by atomic mass is 32.2. The molecule has 2 aromatic rings. The summed E-state index contributed by atoms with van der Waals surface area (Å²) >= 11 is 0. The fraction of sp³-hybridized carbons (Fsp3) is 0.524. The molecule has 0 unspecified atom stereocenters. The zero-order valence-corrected chi connectivity index (χ0v) is 17.9. The standard InChI is InChI=1S/C21H28N4O3S/c1-16-20(17(2)25(22-16)15-18-7-4-3-5-8-18)29(27,28)24-13-11-23(12-14-24)21(26)19-9-6-10-19/h3-5,7-8,19H,6,9-15H2,1-2H3. The monoisotopic (exact) mass is 416 g/mol. The number of benzene rings is 1. The fourth-order valence-electron chi connectivity index (χ4n) is 4.16. The van der Waals surface area contributed by atoms with Crippen LogP contribution >= 0.6 is 0 Å². The lowest BCUT2D eigenvalue weighted by Crippen LogP contribution is -2.52. The third-order valence-corrected chi connectivity index (χ3v) is 8.24. The predicted molar refractivity (Wildman–Crippen MR) is 110 cm³/mol. The molecule has 2 aliphatic rings. The number of carbonyl (C=O) groups excluding carboxylic acids is 1. The normalized spacial score (nSPS) is 18.6. The van der Waals surface area contributed by atoms with Gasteiger partial charge in [-0.25, -0.2) is 8.42 Å². The van der Waals surface area contributed by atoms with Crippen molar-refractivity contribution in [2.45, 2.75) is 44.6 Å². The molecule has 1 aliphatic heterocycles. The van der Waals surface area contributed by atoms with Crippen molar-refractivity contribution in [3.05, 3.63) is 47.3 Å². The number of hydrogen-bond donors (Lipinski definition) is 0. The smallest absolute Gasteiger partial charge is 0.246 e. The number of piperazine rings is 1. The third-order valence-electron chi connectivity index (χ3n) is 6.09. The van der Waals surface area contributed by atoms with Crippen molar-refractivity contribution in [2.24, 2.45) is 5.92 Å². The Bertz CT molecular complexity index is 988. The molecule has 1 aromatic carbocycles. The molecular weight excluding hydrogens is 388 g/mol. The molecule has 2 heterocycles. The number of rotatable bonds is 5. The maximum atomic E-state index is 13.3. The average molecular weight is 417 g/mol. The number of aromatic nitrogens is 2. The van der Waals surface area contributed by atoms with Crippen molar-refractivity contribution in [1.29, 1.82) is 0 Å². The van der Waals surface area contributed by atoms with E-state index in [2.05, 4.69) is 5.10 Å². The van der Waals surface area contributed by atoms with E-state index in [-0.39, 0.29) is 11.8 Å². The second-order valence-electron chi connectivity index (χ2n) is 8.00. The van der Waals surface area contributed by atoms with E-state index in [4.69, 9.17) is 0 Å². The van der Waals surface area contributed by atoms with Crippen LogP contribution in [0, 0.1) is 19.8 Å². The van der Waals surface area contributed by atoms with E-state index >= 15 is 0 Å². The lowest BCUT2D eigenvalue weighted by atomic mass is 9.84. The van der Waals surface area contributed by atoms with E-state index in [1.165, 1.54) is 4.31 Å². The summed E-state index contributed by atoms with van der Waals surface area (Å²) in [5.41, 5.74) is 2.25. The van der Waals surface area contributed by atoms with Gasteiger partial charge >= 0.3 is 0 Å². The van der Waals surface area contributed by atoms with Gasteiger partial charge in [0.1, 0.15) is 4.90 Å². The molecule has 1 aromatic heterocycles. The maximum Gasteiger partial charge on any atom is 0.246 e. The molecule has 0 bridgehead atoms. The highest BCUT2D eigenvalue weighted by Crippen LogP contribution is 2.29. The fourth-order valence-corrected chi connectivity index (χ4v) is 5.95. The van der Waals surface area contributed by atoms with Crippen LogP contribution in [0.15, 0.2) is 35.2 Å². The Morgan fingerprint density at radius 2 is 1.72 bits per heavy atom. The summed E-state index contributed by atoms with van der Waals surface area (Å²) in [4.78, 5) is 14.6. The SMILES string of the molecule is Cc1nn(Cc2ccccc2)c(C)c1S(=O)(=O)N1CCN(C(=O)C2CCC2)CC1. The van der Waals surface area contributed by atoms with Crippen LogP contribution in [0.25, 0.3) is 0 Å². The number of amides is 1. The van der Waals surface area contributed by atoms with Gasteiger partial charge in [-0.2, -0.15) is 9.40 Å². The van der Waals surface area contributed by atoms with Gasteiger partial charge in [0.05, 0.1) is 17.9 Å². The van der Waals surface area contributed by atoms with E-state index in [0.29, 0.717) is 49.0 Å². The van der Waals surface area contributed by atoms with E-state index in [0.717, 1.165) is 24.8 Å². The molecular formula is C21H28N4O3S. The predicted octanol–water partition coefficient (Wildman–Crippen LogP) is 2.18. The first-order valence-corrected chi connectivity index (χ1v) is 11.7. The highest BCUT2D eigenvalue weighted by Gasteiger charge is 2.36. The van der Waals surface area contributed by atoms with Crippen LogP contribution in [0.5, 0.6) is 0 Å². The van der Waals surface area contributed by atoms with Gasteiger partial charge in [0.25, 0.3) is 0 Å². The van der Waals surface area contributed by atoms with Crippen molar-refractivity contribution >= 4 is 15.9 Å². The Morgan fingerprint density at radius 3 is 2.31 bits per heavy atom. The summed E-state index contributed by atoms with van der Waals surface area (Å²) in [5, 5.41) is 4.50. The average Bonchev–Trinajstić information content (AvgIpc) is 2.95. The molecule has 0 N–H and O–H groups in total. The maximum absolute atomic E-state index is 13.3. The van der Waals surface area contributed by atoms with Gasteiger partial charge in [0.15, 0.2) is 0 Å². The molecule has 0 radical (unpaired) electrons. The van der Waals surface area contributed by atoms with Crippen LogP contribution in [-0.4, -0.2) is 59.5 Å². The summed E-state index contributed by atoms with van der Waals surface area (Å²) in [6.07, 6.45) is 3.06. The Morgan fingerprint density at radius 1 is 1.07 bits per heavy atom. The van der Waals surface area contributed by atoms with Crippen LogP contribution in [0.1, 0.15) is 36.2 Å². The highest BCUT2D eigenvalue weighted by molar-refractivity contribution is 7.89. The van der Waals surface area contributed by atoms with Crippen molar-refractivity contribution in [1.82, 2.24) is 19.0 Å². The Kier molecular flexibility index (Phi) is 5.48. The minimum atomic E-state index is -3.64. The van der Waals surface area contributed by atoms with E-state index in [1.54, 1.807) is 11.6 Å². The largest absolute Gasteiger partial charge is 0.340 e. The van der Waals surface area contributed by atoms with Crippen molar-refractivity contribution in [2.75, 3.05) is 26.2 Å². The van der Waals surface area contributed by atoms with Crippen LogP contribution < -0.4 is 0 Å². The summed E-state index contributed by atoms with van der Waals surface area (Å²) in [7, 11) is -3.64. The molecule has 8 heteroatoms. The van der Waals surface area contributed by atoms with Gasteiger partial charge in [0, 0.05) is 32.1 Å². The molecule has 1 amide bonds. The van der Waals surface area contributed by atoms with Gasteiger partial charge in [-0.1, -0.05) is 36.8 Å². The molecule has 1 saturated carbocycles. The minimum absolute atomic E-state index is 0.152. The minimum Gasteiger partial charge on any atom is -0.340 e. The number of aryl methyl sites for hydroxylation is 1. The van der Waals surface area contributed by atoms with Crippen LogP contribution in [0.4, 0.5) is 0 Å². The van der Waals surface area contributed by atoms with Crippen LogP contribution in [-0.2, 0) is 21.4 Å². The molecule has 1 aliphatic carbocycles. The number of nitrogens with zero attached hydrogens (tertiary/aromatic N) is 4. The number of sulfonamides is 1. The second kappa shape index (κ2) is 7.91. The first kappa shape index (κ1) is 20.1. The Hall–Kier alpha value is -2.19. The Balaban J connectivity index is 1.50. The van der Waals surface area contributed by atoms with Gasteiger partial charge in [-0.05, 0) is 32.3 Å². The summed E-state index contributed by atoms with van der Waals surface area (Å²) in [6.45, 7) is 5.69. The number of carbonyl (C=O) groups is 1. The van der Waals surface area contributed by atoms with E-state index < -0.39 is 10.0 Å². The zero-order chi connectivity index (χ0) is 20.6. The summed E-state index contributed by atoms with van der Waals surface area (Å²) < 4.78 is 29.9. The molecule has 0 spiro atoms. The van der Waals surface area contributed by atoms with Crippen molar-refractivity contribution < 1.29 is 13.2 Å². The van der Waals surface area contributed by atoms with Gasteiger partial charge in [-0.3, -0.25) is 9.48 Å². The third kappa shape index (κ3) is 3.83. The lowest BCUT2D eigenvalue weighted by molar-refractivity contribution is -0.139. The van der Waals surface area contributed by atoms with Crippen LogP contribution in [0.3, 0.4) is 0 Å². The zero-order valence-electron chi connectivity index (χ0n) is 17.0. The van der Waals surface area contributed by atoms with Gasteiger partial charge in [0.2, 0.25) is 15.9 Å². The number of hydrogen-bond acceptors (Lipinski definition) is 4. The molecule has 156 valence electrons.